The van der Waals surface area contributed by atoms with Crippen LogP contribution in [0.2, 0.25) is 0 Å². The first-order chi connectivity index (χ1) is 25.4. The Morgan fingerprint density at radius 1 is 0.588 bits per heavy atom. The van der Waals surface area contributed by atoms with E-state index in [-0.39, 0.29) is 40.9 Å². The highest BCUT2D eigenvalue weighted by molar-refractivity contribution is 4.61. The molecule has 6 heteroatoms. The second-order valence-electron chi connectivity index (χ2n) is 15.5. The van der Waals surface area contributed by atoms with Gasteiger partial charge in [-0.15, -0.1) is 0 Å². The monoisotopic (exact) mass is 760 g/mol. The Morgan fingerprint density at radius 2 is 0.784 bits per heavy atom. The molecule has 2 fully saturated rings. The smallest absolute Gasteiger partial charge is 0.171 e. The lowest BCUT2D eigenvalue weighted by atomic mass is 9.91. The van der Waals surface area contributed by atoms with E-state index in [0.29, 0.717) is 12.8 Å². The van der Waals surface area contributed by atoms with Gasteiger partial charge in [-0.25, -0.2) is 0 Å². The summed E-state index contributed by atoms with van der Waals surface area (Å²) in [4.78, 5) is 0. The minimum atomic E-state index is -3.98. The summed E-state index contributed by atoms with van der Waals surface area (Å²) in [5.74, 6) is -0.708. The molecule has 51 heavy (non-hydrogen) atoms. The Kier molecular flexibility index (Phi) is 41.9. The van der Waals surface area contributed by atoms with E-state index in [1.54, 1.807) is 41.5 Å². The quantitative estimate of drug-likeness (QED) is 0.245. The van der Waals surface area contributed by atoms with Crippen LogP contribution < -0.4 is 0 Å². The summed E-state index contributed by atoms with van der Waals surface area (Å²) in [5.41, 5.74) is -0.229. The summed E-state index contributed by atoms with van der Waals surface area (Å²) < 4.78 is 120. The molecule has 2 rings (SSSR count). The zero-order valence-corrected chi connectivity index (χ0v) is 37.9. The van der Waals surface area contributed by atoms with Crippen molar-refractivity contribution in [2.45, 2.75) is 253 Å². The van der Waals surface area contributed by atoms with Crippen LogP contribution in [-0.4, -0.2) is 12.4 Å². The summed E-state index contributed by atoms with van der Waals surface area (Å²) in [5, 5.41) is 0. The van der Waals surface area contributed by atoms with E-state index in [1.165, 1.54) is 38.5 Å². The average Bonchev–Trinajstić information content (AvgIpc) is 3.39. The minimum Gasteiger partial charge on any atom is -0.171 e. The van der Waals surface area contributed by atoms with Crippen LogP contribution in [0, 0.1) is 40.9 Å². The summed E-state index contributed by atoms with van der Waals surface area (Å²) in [6.45, 7) is 37.3. The van der Waals surface area contributed by atoms with Crippen molar-refractivity contribution in [1.29, 1.82) is 0 Å². The first-order valence-corrected chi connectivity index (χ1v) is 20.1. The zero-order chi connectivity index (χ0) is 48.6. The molecule has 0 aliphatic heterocycles. The Labute approximate surface area is 330 Å². The van der Waals surface area contributed by atoms with Crippen molar-refractivity contribution < 1.29 is 35.9 Å². The Hall–Kier alpha value is -0.420. The van der Waals surface area contributed by atoms with E-state index in [9.17, 15) is 26.3 Å². The molecule has 0 aromatic carbocycles. The SMILES string of the molecule is CC.CCC.CCC(C)CC(F)(F)F.CC[C@H](C)CC(F)(F)F.[2H]C(C)(C)C.[2H]C([2H])(C)C(C)(C)C.[2H]C([2H])(C)C(C)C.[2H]C1(C)CCCC1.[2H]C1(C)CCCCC1. The van der Waals surface area contributed by atoms with Gasteiger partial charge in [0.1, 0.15) is 0 Å². The maximum absolute atomic E-state index is 11.5. The van der Waals surface area contributed by atoms with Crippen LogP contribution in [-0.2, 0) is 0 Å². The summed E-state index contributed by atoms with van der Waals surface area (Å²) in [7, 11) is 0. The molecule has 0 N–H and O–H groups in total. The van der Waals surface area contributed by atoms with Gasteiger partial charge in [-0.3, -0.25) is 0 Å². The fraction of sp³-hybridized carbons (Fsp3) is 1.00. The molecule has 0 heterocycles. The summed E-state index contributed by atoms with van der Waals surface area (Å²) in [6, 6.07) is 0. The van der Waals surface area contributed by atoms with Crippen molar-refractivity contribution in [1.82, 2.24) is 0 Å². The average molecular weight is 760 g/mol. The first kappa shape index (κ1) is 48.6. The highest BCUT2D eigenvalue weighted by Crippen LogP contribution is 2.27. The van der Waals surface area contributed by atoms with Crippen LogP contribution in [0.3, 0.4) is 0 Å². The van der Waals surface area contributed by atoms with Crippen molar-refractivity contribution >= 4 is 0 Å². The zero-order valence-electron chi connectivity index (χ0n) is 44.9. The summed E-state index contributed by atoms with van der Waals surface area (Å²) >= 11 is 0. The molecule has 2 saturated carbocycles. The fourth-order valence-corrected chi connectivity index (χ4v) is 3.21. The third-order valence-corrected chi connectivity index (χ3v) is 7.05. The molecule has 0 amide bonds. The Bertz CT molecular complexity index is 804. The molecule has 0 radical (unpaired) electrons. The van der Waals surface area contributed by atoms with E-state index in [1.807, 2.05) is 83.1 Å². The third kappa shape index (κ3) is 99.5. The van der Waals surface area contributed by atoms with Gasteiger partial charge in [0.05, 0.1) is 0 Å². The highest BCUT2D eigenvalue weighted by atomic mass is 19.4. The third-order valence-electron chi connectivity index (χ3n) is 7.05. The van der Waals surface area contributed by atoms with Gasteiger partial charge in [-0.05, 0) is 40.9 Å². The van der Waals surface area contributed by atoms with Gasteiger partial charge in [-0.1, -0.05) is 228 Å². The fourth-order valence-electron chi connectivity index (χ4n) is 3.21. The van der Waals surface area contributed by atoms with Gasteiger partial charge >= 0.3 is 12.4 Å². The van der Waals surface area contributed by atoms with E-state index in [0.717, 1.165) is 25.7 Å². The second-order valence-corrected chi connectivity index (χ2v) is 15.5. The maximum Gasteiger partial charge on any atom is 0.389 e. The van der Waals surface area contributed by atoms with Gasteiger partial charge in [0.15, 0.2) is 0 Å². The summed E-state index contributed by atoms with van der Waals surface area (Å²) in [6.07, 6.45) is 2.07. The predicted octanol–water partition coefficient (Wildman–Crippen LogP) is 19.4. The molecule has 1 unspecified atom stereocenters. The Morgan fingerprint density at radius 3 is 0.863 bits per heavy atom. The predicted molar refractivity (Wildman–Crippen MR) is 223 cm³/mol. The molecule has 2 aliphatic rings. The number of hydrogen-bond donors (Lipinski definition) is 0. The van der Waals surface area contributed by atoms with Gasteiger partial charge in [-0.2, -0.15) is 26.3 Å². The molecule has 2 atom stereocenters. The number of hydrogen-bond acceptors (Lipinski definition) is 0. The van der Waals surface area contributed by atoms with Crippen LogP contribution in [0.4, 0.5) is 26.3 Å². The van der Waals surface area contributed by atoms with E-state index in [4.69, 9.17) is 9.60 Å². The first-order valence-electron chi connectivity index (χ1n) is 23.6. The van der Waals surface area contributed by atoms with E-state index >= 15 is 0 Å². The van der Waals surface area contributed by atoms with Crippen LogP contribution in [0.15, 0.2) is 0 Å². The number of halogens is 6. The van der Waals surface area contributed by atoms with Crippen molar-refractivity contribution in [2.75, 3.05) is 0 Å². The molecule has 0 saturated heterocycles. The number of rotatable bonds is 5. The molecule has 0 bridgehead atoms. The second kappa shape index (κ2) is 44.0. The van der Waals surface area contributed by atoms with Crippen LogP contribution in [0.25, 0.3) is 0 Å². The largest absolute Gasteiger partial charge is 0.389 e. The molecule has 320 valence electrons. The van der Waals surface area contributed by atoms with E-state index in [2.05, 4.69) is 13.8 Å². The highest BCUT2D eigenvalue weighted by Gasteiger charge is 2.29. The standard InChI is InChI=1S/C7H14.2C6H11F3.C6H12.C6H14.C5H12.C4H10.C3H8.C2H6/c1-7-5-3-2-4-6-7;2*1-3-5(2)4-6(7,8)9;1-6-4-2-3-5-6;1-5-6(2,3)4;1-4-5(2)3;1-4(2)3;1-3-2;1-2/h7H,2-6H2,1H3;2*5H,3-4H2,1-2H3;6H,2-5H2,1H3;5H2,1-4H3;5H,4H2,1-3H3;4H,1-3H3;3H2,1-2H3;1-2H3/t;5-;;;;;;;/m.0......./s1/i7D;;;6D;5D2;4D2;4D;;. The molecule has 0 aromatic heterocycles. The van der Waals surface area contributed by atoms with Crippen molar-refractivity contribution in [2.24, 2.45) is 40.9 Å². The van der Waals surface area contributed by atoms with Gasteiger partial charge < -0.3 is 0 Å². The van der Waals surface area contributed by atoms with Crippen LogP contribution in [0.1, 0.15) is 251 Å². The molecular weight excluding hydrogens is 654 g/mol. The van der Waals surface area contributed by atoms with Crippen molar-refractivity contribution in [3.8, 4) is 0 Å². The van der Waals surface area contributed by atoms with Gasteiger partial charge in [0.2, 0.25) is 0 Å². The topological polar surface area (TPSA) is 0 Å². The number of alkyl halides is 6. The molecule has 0 nitrogen and oxygen atoms in total. The van der Waals surface area contributed by atoms with Gasteiger partial charge in [0.25, 0.3) is 0 Å². The van der Waals surface area contributed by atoms with Crippen molar-refractivity contribution in [3.05, 3.63) is 0 Å². The van der Waals surface area contributed by atoms with Crippen LogP contribution in [0.5, 0.6) is 0 Å². The maximum atomic E-state index is 11.5. The van der Waals surface area contributed by atoms with Crippen LogP contribution >= 0.6 is 0 Å². The molecular formula is C45H98F6. The van der Waals surface area contributed by atoms with E-state index < -0.39 is 37.9 Å². The Balaban J connectivity index is -0.000000103. The molecule has 0 aromatic rings. The van der Waals surface area contributed by atoms with Crippen molar-refractivity contribution in [3.63, 3.8) is 0 Å². The molecule has 2 aliphatic carbocycles. The van der Waals surface area contributed by atoms with Gasteiger partial charge in [0, 0.05) is 22.4 Å². The minimum absolute atomic E-state index is 0.0556. The lowest BCUT2D eigenvalue weighted by molar-refractivity contribution is -0.144. The lowest BCUT2D eigenvalue weighted by Gasteiger charge is -2.15. The molecule has 0 spiro atoms. The normalized spacial score (nSPS) is 19.5. The lowest BCUT2D eigenvalue weighted by Crippen LogP contribution is -2.12.